The molecular weight excluding hydrogens is 392 g/mol. The van der Waals surface area contributed by atoms with Crippen LogP contribution < -0.4 is 22.6 Å². The summed E-state index contributed by atoms with van der Waals surface area (Å²) in [6.07, 6.45) is 6.38. The van der Waals surface area contributed by atoms with Crippen molar-refractivity contribution in [2.75, 3.05) is 25.1 Å². The molecule has 0 radical (unpaired) electrons. The molecule has 0 aromatic rings. The zero-order valence-corrected chi connectivity index (χ0v) is 18.3. The van der Waals surface area contributed by atoms with Crippen LogP contribution in [0.5, 0.6) is 0 Å². The lowest BCUT2D eigenvalue weighted by Gasteiger charge is -2.29. The number of rotatable bonds is 15. The SMILES string of the molecule is CSCC[C@H](N)C(=O)CC(C)C(=O)[C@@H]1CCCN1N[C@@H](C=O)CCCN=C(N)N. The van der Waals surface area contributed by atoms with Crippen molar-refractivity contribution in [2.24, 2.45) is 28.1 Å². The number of aliphatic imine (C=N–C) groups is 1. The third kappa shape index (κ3) is 9.24. The van der Waals surface area contributed by atoms with E-state index in [2.05, 4.69) is 10.4 Å². The summed E-state index contributed by atoms with van der Waals surface area (Å²) in [5.41, 5.74) is 19.7. The molecule has 9 nitrogen and oxygen atoms in total. The normalized spacial score (nSPS) is 20.0. The van der Waals surface area contributed by atoms with E-state index in [1.807, 2.05) is 11.3 Å². The van der Waals surface area contributed by atoms with Gasteiger partial charge in [-0.3, -0.25) is 14.6 Å². The van der Waals surface area contributed by atoms with Crippen molar-refractivity contribution in [1.82, 2.24) is 10.4 Å². The number of hydrogen-bond acceptors (Lipinski definition) is 8. The van der Waals surface area contributed by atoms with Gasteiger partial charge in [-0.15, -0.1) is 0 Å². The van der Waals surface area contributed by atoms with E-state index in [1.54, 1.807) is 18.7 Å². The van der Waals surface area contributed by atoms with Crippen LogP contribution in [0.25, 0.3) is 0 Å². The first-order chi connectivity index (χ1) is 13.8. The summed E-state index contributed by atoms with van der Waals surface area (Å²) in [6, 6.07) is -1.25. The molecule has 7 N–H and O–H groups in total. The summed E-state index contributed by atoms with van der Waals surface area (Å²) in [4.78, 5) is 40.5. The molecule has 1 fully saturated rings. The maximum Gasteiger partial charge on any atom is 0.185 e. The molecule has 0 aliphatic carbocycles. The highest BCUT2D eigenvalue weighted by molar-refractivity contribution is 7.98. The number of hydrazine groups is 1. The number of nitrogens with two attached hydrogens (primary N) is 3. The van der Waals surface area contributed by atoms with E-state index >= 15 is 0 Å². The number of guanidine groups is 1. The van der Waals surface area contributed by atoms with Gasteiger partial charge in [-0.2, -0.15) is 11.8 Å². The van der Waals surface area contributed by atoms with Crippen LogP contribution in [-0.4, -0.2) is 72.0 Å². The molecule has 0 spiro atoms. The topological polar surface area (TPSA) is 157 Å². The van der Waals surface area contributed by atoms with E-state index in [0.29, 0.717) is 38.8 Å². The summed E-state index contributed by atoms with van der Waals surface area (Å²) < 4.78 is 0. The Morgan fingerprint density at radius 3 is 2.69 bits per heavy atom. The lowest BCUT2D eigenvalue weighted by Crippen LogP contribution is -2.51. The monoisotopic (exact) mass is 428 g/mol. The van der Waals surface area contributed by atoms with Gasteiger partial charge < -0.3 is 22.0 Å². The highest BCUT2D eigenvalue weighted by Gasteiger charge is 2.35. The Balaban J connectivity index is 2.55. The van der Waals surface area contributed by atoms with Gasteiger partial charge >= 0.3 is 0 Å². The molecule has 1 saturated heterocycles. The number of nitrogens with one attached hydrogen (secondary N) is 1. The Morgan fingerprint density at radius 2 is 2.07 bits per heavy atom. The highest BCUT2D eigenvalue weighted by atomic mass is 32.2. The Morgan fingerprint density at radius 1 is 1.34 bits per heavy atom. The van der Waals surface area contributed by atoms with Crippen LogP contribution in [0.4, 0.5) is 0 Å². The average molecular weight is 429 g/mol. The molecule has 1 heterocycles. The molecule has 29 heavy (non-hydrogen) atoms. The lowest BCUT2D eigenvalue weighted by molar-refractivity contribution is -0.132. The maximum atomic E-state index is 12.9. The van der Waals surface area contributed by atoms with Gasteiger partial charge in [0.25, 0.3) is 0 Å². The number of nitrogens with zero attached hydrogens (tertiary/aromatic N) is 2. The number of thioether (sulfide) groups is 1. The Bertz CT molecular complexity index is 570. The zero-order chi connectivity index (χ0) is 21.8. The van der Waals surface area contributed by atoms with Crippen molar-refractivity contribution < 1.29 is 14.4 Å². The first-order valence-corrected chi connectivity index (χ1v) is 11.5. The minimum Gasteiger partial charge on any atom is -0.370 e. The molecule has 1 aliphatic rings. The summed E-state index contributed by atoms with van der Waals surface area (Å²) in [6.45, 7) is 2.92. The largest absolute Gasteiger partial charge is 0.370 e. The molecule has 1 unspecified atom stereocenters. The summed E-state index contributed by atoms with van der Waals surface area (Å²) >= 11 is 1.65. The standard InChI is InChI=1S/C19H36N6O3S/c1-13(11-17(27)15(20)7-10-29-2)18(28)16-6-4-9-25(16)24-14(12-26)5-3-8-23-19(21)22/h12-16,24H,3-11,20H2,1-2H3,(H4,21,22,23)/t13?,14-,15+,16+/m1/s1. The number of carbonyl (C=O) groups excluding carboxylic acids is 3. The van der Waals surface area contributed by atoms with Crippen molar-refractivity contribution in [3.05, 3.63) is 0 Å². The van der Waals surface area contributed by atoms with Crippen LogP contribution >= 0.6 is 11.8 Å². The molecule has 0 aromatic carbocycles. The second-order valence-corrected chi connectivity index (χ2v) is 8.52. The first kappa shape index (κ1) is 25.5. The minimum atomic E-state index is -0.514. The van der Waals surface area contributed by atoms with Gasteiger partial charge in [-0.05, 0) is 44.1 Å². The molecule has 0 bridgehead atoms. The number of carbonyl (C=O) groups is 3. The van der Waals surface area contributed by atoms with Crippen LogP contribution in [0.1, 0.15) is 45.4 Å². The molecule has 1 aliphatic heterocycles. The molecule has 0 amide bonds. The molecule has 1 rings (SSSR count). The van der Waals surface area contributed by atoms with Gasteiger partial charge in [-0.25, -0.2) is 10.4 Å². The zero-order valence-electron chi connectivity index (χ0n) is 17.5. The Hall–Kier alpha value is -1.49. The van der Waals surface area contributed by atoms with Gasteiger partial charge in [0.15, 0.2) is 11.7 Å². The molecule has 10 heteroatoms. The van der Waals surface area contributed by atoms with Gasteiger partial charge in [0.05, 0.1) is 18.1 Å². The summed E-state index contributed by atoms with van der Waals surface area (Å²) in [7, 11) is 0. The predicted molar refractivity (Wildman–Crippen MR) is 117 cm³/mol. The molecule has 0 saturated carbocycles. The van der Waals surface area contributed by atoms with E-state index in [-0.39, 0.29) is 30.0 Å². The fourth-order valence-corrected chi connectivity index (χ4v) is 3.89. The van der Waals surface area contributed by atoms with Crippen molar-refractivity contribution >= 4 is 35.6 Å². The number of ketones is 2. The van der Waals surface area contributed by atoms with Crippen LogP contribution in [0.2, 0.25) is 0 Å². The van der Waals surface area contributed by atoms with Crippen molar-refractivity contribution in [1.29, 1.82) is 0 Å². The van der Waals surface area contributed by atoms with Crippen molar-refractivity contribution in [3.8, 4) is 0 Å². The van der Waals surface area contributed by atoms with Crippen LogP contribution in [0.15, 0.2) is 4.99 Å². The Kier molecular flexibility index (Phi) is 12.1. The minimum absolute atomic E-state index is 0.0190. The number of aldehydes is 1. The lowest BCUT2D eigenvalue weighted by atomic mass is 9.91. The quantitative estimate of drug-likeness (QED) is 0.120. The second-order valence-electron chi connectivity index (χ2n) is 7.53. The van der Waals surface area contributed by atoms with Gasteiger partial charge in [0, 0.05) is 25.4 Å². The van der Waals surface area contributed by atoms with Crippen LogP contribution in [0.3, 0.4) is 0 Å². The van der Waals surface area contributed by atoms with E-state index in [1.165, 1.54) is 0 Å². The third-order valence-electron chi connectivity index (χ3n) is 5.08. The molecular formula is C19H36N6O3S. The number of hydrogen-bond donors (Lipinski definition) is 4. The fourth-order valence-electron chi connectivity index (χ4n) is 3.40. The number of Topliss-reactive ketones (excluding diaryl/α,β-unsaturated/α-hetero) is 2. The summed E-state index contributed by atoms with van der Waals surface area (Å²) in [5, 5.41) is 1.84. The Labute approximate surface area is 177 Å². The van der Waals surface area contributed by atoms with Gasteiger partial charge in [-0.1, -0.05) is 6.92 Å². The molecule has 0 aromatic heterocycles. The average Bonchev–Trinajstić information content (AvgIpc) is 3.15. The maximum absolute atomic E-state index is 12.9. The van der Waals surface area contributed by atoms with Crippen LogP contribution in [0, 0.1) is 5.92 Å². The molecule has 4 atom stereocenters. The third-order valence-corrected chi connectivity index (χ3v) is 5.73. The van der Waals surface area contributed by atoms with Crippen LogP contribution in [-0.2, 0) is 14.4 Å². The predicted octanol–water partition coefficient (Wildman–Crippen LogP) is -0.179. The van der Waals surface area contributed by atoms with Crippen molar-refractivity contribution in [3.63, 3.8) is 0 Å². The highest BCUT2D eigenvalue weighted by Crippen LogP contribution is 2.21. The van der Waals surface area contributed by atoms with E-state index in [4.69, 9.17) is 17.2 Å². The molecule has 166 valence electrons. The van der Waals surface area contributed by atoms with Gasteiger partial charge in [0.1, 0.15) is 12.1 Å². The van der Waals surface area contributed by atoms with E-state index in [0.717, 1.165) is 18.5 Å². The first-order valence-electron chi connectivity index (χ1n) is 10.1. The fraction of sp³-hybridized carbons (Fsp3) is 0.789. The van der Waals surface area contributed by atoms with Gasteiger partial charge in [0.2, 0.25) is 0 Å². The van der Waals surface area contributed by atoms with Crippen molar-refractivity contribution in [2.45, 2.75) is 63.6 Å². The summed E-state index contributed by atoms with van der Waals surface area (Å²) in [5.74, 6) is 0.411. The van der Waals surface area contributed by atoms with E-state index < -0.39 is 18.0 Å². The second kappa shape index (κ2) is 13.7. The smallest absolute Gasteiger partial charge is 0.185 e. The van der Waals surface area contributed by atoms with E-state index in [9.17, 15) is 14.4 Å².